The normalized spacial score (nSPS) is 22.2. The minimum absolute atomic E-state index is 0.368. The Morgan fingerprint density at radius 3 is 1.85 bits per heavy atom. The van der Waals surface area contributed by atoms with E-state index in [1.807, 2.05) is 31.1 Å². The number of hydrogen-bond acceptors (Lipinski definition) is 7. The fourth-order valence-corrected chi connectivity index (χ4v) is 5.40. The molecule has 9 nitrogen and oxygen atoms in total. The van der Waals surface area contributed by atoms with Gasteiger partial charge in [0.25, 0.3) is 0 Å². The number of nitrogens with one attached hydrogen (secondary N) is 2. The van der Waals surface area contributed by atoms with Crippen LogP contribution >= 0.6 is 0 Å². The lowest BCUT2D eigenvalue weighted by Crippen LogP contribution is -2.56. The maximum Gasteiger partial charge on any atom is 0.235 e. The van der Waals surface area contributed by atoms with Gasteiger partial charge in [-0.2, -0.15) is 0 Å². The molecule has 0 saturated heterocycles. The molecule has 4 atom stereocenters. The topological polar surface area (TPSA) is 117 Å². The van der Waals surface area contributed by atoms with Crippen LogP contribution in [0.1, 0.15) is 24.8 Å². The summed E-state index contributed by atoms with van der Waals surface area (Å²) in [5.74, 6) is -4.04. The Kier molecular flexibility index (Phi) is 8.44. The number of benzene rings is 3. The van der Waals surface area contributed by atoms with Gasteiger partial charge in [0.05, 0.1) is 37.1 Å². The third-order valence-corrected chi connectivity index (χ3v) is 7.36. The highest BCUT2D eigenvalue weighted by atomic mass is 16.5. The van der Waals surface area contributed by atoms with Crippen LogP contribution in [-0.2, 0) is 14.4 Å². The van der Waals surface area contributed by atoms with Crippen molar-refractivity contribution in [1.29, 1.82) is 0 Å². The smallest absolute Gasteiger partial charge is 0.235 e. The number of aliphatic hydroxyl groups is 1. The van der Waals surface area contributed by atoms with Crippen molar-refractivity contribution in [2.45, 2.75) is 24.9 Å². The molecule has 0 aromatic heterocycles. The summed E-state index contributed by atoms with van der Waals surface area (Å²) in [6.45, 7) is 1.47. The second-order valence-corrected chi connectivity index (χ2v) is 10.3. The molecule has 4 unspecified atom stereocenters. The van der Waals surface area contributed by atoms with Crippen molar-refractivity contribution >= 4 is 34.7 Å². The Balaban J connectivity index is 1.80. The molecule has 4 rings (SSSR count). The van der Waals surface area contributed by atoms with Gasteiger partial charge in [0.2, 0.25) is 11.8 Å². The van der Waals surface area contributed by atoms with Crippen LogP contribution in [0, 0.1) is 11.8 Å². The number of ether oxygens (including phenoxy) is 2. The predicted molar refractivity (Wildman–Crippen MR) is 154 cm³/mol. The molecule has 0 spiro atoms. The fourth-order valence-electron chi connectivity index (χ4n) is 5.40. The van der Waals surface area contributed by atoms with Crippen LogP contribution < -0.4 is 25.0 Å². The number of carbonyl (C=O) groups excluding carboxylic acids is 3. The van der Waals surface area contributed by atoms with E-state index in [1.165, 1.54) is 21.1 Å². The Bertz CT molecular complexity index is 1390. The number of Topliss-reactive ketones (excluding diaryl/α,β-unsaturated/α-hetero) is 1. The van der Waals surface area contributed by atoms with Crippen LogP contribution in [0.2, 0.25) is 0 Å². The second-order valence-electron chi connectivity index (χ2n) is 10.3. The first-order valence-corrected chi connectivity index (χ1v) is 13.0. The lowest BCUT2D eigenvalue weighted by molar-refractivity contribution is -0.150. The summed E-state index contributed by atoms with van der Waals surface area (Å²) in [6, 6.07) is 21.1. The fraction of sp³-hybridized carbons (Fsp3) is 0.323. The molecular weight excluding hydrogens is 510 g/mol. The van der Waals surface area contributed by atoms with Crippen LogP contribution in [0.4, 0.5) is 17.1 Å². The van der Waals surface area contributed by atoms with Crippen LogP contribution in [0.25, 0.3) is 0 Å². The average molecular weight is 546 g/mol. The Morgan fingerprint density at radius 1 is 0.850 bits per heavy atom. The molecule has 0 heterocycles. The molecule has 3 aromatic carbocycles. The first-order chi connectivity index (χ1) is 19.1. The number of carbonyl (C=O) groups is 3. The van der Waals surface area contributed by atoms with Crippen LogP contribution in [-0.4, -0.2) is 56.6 Å². The highest BCUT2D eigenvalue weighted by Crippen LogP contribution is 2.47. The predicted octanol–water partition coefficient (Wildman–Crippen LogP) is 4.09. The molecule has 3 aromatic rings. The van der Waals surface area contributed by atoms with E-state index >= 15 is 0 Å². The van der Waals surface area contributed by atoms with Crippen molar-refractivity contribution in [2.75, 3.05) is 43.8 Å². The molecule has 3 N–H and O–H groups in total. The number of amides is 2. The summed E-state index contributed by atoms with van der Waals surface area (Å²) >= 11 is 0. The highest BCUT2D eigenvalue weighted by molar-refractivity contribution is 6.11. The molecule has 0 bridgehead atoms. The molecule has 1 aliphatic carbocycles. The monoisotopic (exact) mass is 545 g/mol. The van der Waals surface area contributed by atoms with Gasteiger partial charge >= 0.3 is 0 Å². The number of hydrogen-bond donors (Lipinski definition) is 3. The van der Waals surface area contributed by atoms with E-state index in [0.717, 1.165) is 5.69 Å². The molecule has 2 amide bonds. The number of ketones is 1. The number of methoxy groups -OCH3 is 2. The average Bonchev–Trinajstić information content (AvgIpc) is 2.92. The Labute approximate surface area is 234 Å². The molecule has 40 heavy (non-hydrogen) atoms. The molecule has 1 fully saturated rings. The standard InChI is InChI=1S/C31H35N3O6/c1-31(38)18-23(35)27(29(36)32-21-10-6-8-12-24(21)39-4)26(19-14-16-20(17-15-19)34(2)3)28(31)30(37)33-22-11-7-9-13-25(22)40-5/h6-17,26-28,38H,18H2,1-5H3,(H,32,36)(H,33,37). The van der Waals surface area contributed by atoms with Gasteiger partial charge < -0.3 is 30.1 Å². The van der Waals surface area contributed by atoms with Crippen LogP contribution in [0.15, 0.2) is 72.8 Å². The van der Waals surface area contributed by atoms with E-state index in [1.54, 1.807) is 60.7 Å². The maximum absolute atomic E-state index is 13.9. The summed E-state index contributed by atoms with van der Waals surface area (Å²) in [6.07, 6.45) is -0.368. The molecule has 210 valence electrons. The first-order valence-electron chi connectivity index (χ1n) is 13.0. The Morgan fingerprint density at radius 2 is 1.35 bits per heavy atom. The van der Waals surface area contributed by atoms with E-state index in [0.29, 0.717) is 28.4 Å². The molecule has 1 aliphatic rings. The largest absolute Gasteiger partial charge is 0.495 e. The van der Waals surface area contributed by atoms with E-state index < -0.39 is 41.0 Å². The number of nitrogens with zero attached hydrogens (tertiary/aromatic N) is 1. The first kappa shape index (κ1) is 28.6. The van der Waals surface area contributed by atoms with Gasteiger partial charge in [-0.15, -0.1) is 0 Å². The van der Waals surface area contributed by atoms with Gasteiger partial charge in [-0.1, -0.05) is 36.4 Å². The zero-order chi connectivity index (χ0) is 29.0. The molecular formula is C31H35N3O6. The number of rotatable bonds is 8. The van der Waals surface area contributed by atoms with Crippen molar-refractivity contribution in [3.05, 3.63) is 78.4 Å². The van der Waals surface area contributed by atoms with Crippen LogP contribution in [0.3, 0.4) is 0 Å². The van der Waals surface area contributed by atoms with Gasteiger partial charge in [0.1, 0.15) is 23.2 Å². The highest BCUT2D eigenvalue weighted by Gasteiger charge is 2.56. The van der Waals surface area contributed by atoms with E-state index in [-0.39, 0.29) is 6.42 Å². The van der Waals surface area contributed by atoms with Crippen molar-refractivity contribution < 1.29 is 29.0 Å². The minimum atomic E-state index is -1.73. The number of anilines is 3. The van der Waals surface area contributed by atoms with E-state index in [9.17, 15) is 19.5 Å². The molecule has 1 saturated carbocycles. The SMILES string of the molecule is COc1ccccc1NC(=O)C1C(=O)CC(C)(O)C(C(=O)Nc2ccccc2OC)C1c1ccc(N(C)C)cc1. The summed E-state index contributed by atoms with van der Waals surface area (Å²) in [5, 5.41) is 17.2. The van der Waals surface area contributed by atoms with Gasteiger partial charge in [0, 0.05) is 32.1 Å². The van der Waals surface area contributed by atoms with Gasteiger partial charge in [0.15, 0.2) is 0 Å². The van der Waals surface area contributed by atoms with Gasteiger partial charge in [-0.05, 0) is 48.9 Å². The van der Waals surface area contributed by atoms with Crippen molar-refractivity contribution in [3.8, 4) is 11.5 Å². The lowest BCUT2D eigenvalue weighted by Gasteiger charge is -2.44. The maximum atomic E-state index is 13.9. The molecule has 0 radical (unpaired) electrons. The van der Waals surface area contributed by atoms with Crippen molar-refractivity contribution in [1.82, 2.24) is 0 Å². The van der Waals surface area contributed by atoms with E-state index in [4.69, 9.17) is 9.47 Å². The molecule has 9 heteroatoms. The number of para-hydroxylation sites is 4. The van der Waals surface area contributed by atoms with Gasteiger partial charge in [-0.3, -0.25) is 14.4 Å². The van der Waals surface area contributed by atoms with E-state index in [2.05, 4.69) is 10.6 Å². The summed E-state index contributed by atoms with van der Waals surface area (Å²) < 4.78 is 10.8. The third kappa shape index (κ3) is 5.79. The van der Waals surface area contributed by atoms with Gasteiger partial charge in [-0.25, -0.2) is 0 Å². The van der Waals surface area contributed by atoms with Crippen LogP contribution in [0.5, 0.6) is 11.5 Å². The Hall–Kier alpha value is -4.37. The quantitative estimate of drug-likeness (QED) is 0.365. The molecule has 0 aliphatic heterocycles. The summed E-state index contributed by atoms with van der Waals surface area (Å²) in [5.41, 5.74) is 0.577. The third-order valence-electron chi connectivity index (χ3n) is 7.36. The minimum Gasteiger partial charge on any atom is -0.495 e. The van der Waals surface area contributed by atoms with Crippen molar-refractivity contribution in [3.63, 3.8) is 0 Å². The zero-order valence-corrected chi connectivity index (χ0v) is 23.3. The zero-order valence-electron chi connectivity index (χ0n) is 23.3. The summed E-state index contributed by atoms with van der Waals surface area (Å²) in [7, 11) is 6.78. The lowest BCUT2D eigenvalue weighted by atomic mass is 9.61. The van der Waals surface area contributed by atoms with Crippen molar-refractivity contribution in [2.24, 2.45) is 11.8 Å². The second kappa shape index (κ2) is 11.8. The summed E-state index contributed by atoms with van der Waals surface area (Å²) in [4.78, 5) is 43.2.